The van der Waals surface area contributed by atoms with Gasteiger partial charge in [-0.25, -0.2) is 4.98 Å². The molecule has 5 heteroatoms. The Morgan fingerprint density at radius 1 is 1.69 bits per heavy atom. The van der Waals surface area contributed by atoms with E-state index in [4.69, 9.17) is 9.84 Å². The van der Waals surface area contributed by atoms with E-state index in [0.29, 0.717) is 12.4 Å². The molecule has 1 heterocycles. The second-order valence-electron chi connectivity index (χ2n) is 3.55. The normalized spacial score (nSPS) is 12.1. The molecule has 0 radical (unpaired) electrons. The first-order valence-corrected chi connectivity index (χ1v) is 5.06. The van der Waals surface area contributed by atoms with Crippen LogP contribution in [0.4, 0.5) is 0 Å². The van der Waals surface area contributed by atoms with Gasteiger partial charge in [-0.2, -0.15) is 0 Å². The molecule has 0 aliphatic heterocycles. The van der Waals surface area contributed by atoms with Gasteiger partial charge in [0.15, 0.2) is 0 Å². The zero-order chi connectivity index (χ0) is 12.0. The SMILES string of the molecule is COc1ncccc1CNC(C)CC(=O)O. The van der Waals surface area contributed by atoms with Gasteiger partial charge in [-0.3, -0.25) is 4.79 Å². The molecule has 2 N–H and O–H groups in total. The molecule has 5 nitrogen and oxygen atoms in total. The highest BCUT2D eigenvalue weighted by molar-refractivity contribution is 5.67. The van der Waals surface area contributed by atoms with E-state index in [9.17, 15) is 4.79 Å². The van der Waals surface area contributed by atoms with Crippen molar-refractivity contribution < 1.29 is 14.6 Å². The van der Waals surface area contributed by atoms with E-state index in [1.54, 1.807) is 13.3 Å². The number of methoxy groups -OCH3 is 1. The monoisotopic (exact) mass is 224 g/mol. The Morgan fingerprint density at radius 3 is 3.06 bits per heavy atom. The van der Waals surface area contributed by atoms with E-state index < -0.39 is 5.97 Å². The van der Waals surface area contributed by atoms with Gasteiger partial charge in [0.25, 0.3) is 0 Å². The molecule has 1 atom stereocenters. The Morgan fingerprint density at radius 2 is 2.44 bits per heavy atom. The third-order valence-electron chi connectivity index (χ3n) is 2.17. The Hall–Kier alpha value is -1.62. The molecule has 0 saturated carbocycles. The molecule has 0 bridgehead atoms. The molecule has 16 heavy (non-hydrogen) atoms. The van der Waals surface area contributed by atoms with Gasteiger partial charge >= 0.3 is 5.97 Å². The lowest BCUT2D eigenvalue weighted by molar-refractivity contribution is -0.137. The fraction of sp³-hybridized carbons (Fsp3) is 0.455. The van der Waals surface area contributed by atoms with E-state index in [2.05, 4.69) is 10.3 Å². The number of nitrogens with one attached hydrogen (secondary N) is 1. The highest BCUT2D eigenvalue weighted by Gasteiger charge is 2.08. The topological polar surface area (TPSA) is 71.5 Å². The Labute approximate surface area is 94.5 Å². The van der Waals surface area contributed by atoms with Crippen molar-refractivity contribution in [1.82, 2.24) is 10.3 Å². The van der Waals surface area contributed by atoms with Crippen molar-refractivity contribution in [1.29, 1.82) is 0 Å². The van der Waals surface area contributed by atoms with E-state index >= 15 is 0 Å². The Bertz CT molecular complexity index is 355. The molecule has 1 rings (SSSR count). The first-order chi connectivity index (χ1) is 7.63. The number of carboxylic acid groups (broad SMARTS) is 1. The molecule has 0 saturated heterocycles. The number of ether oxygens (including phenoxy) is 1. The summed E-state index contributed by atoms with van der Waals surface area (Å²) < 4.78 is 5.09. The molecule has 1 aromatic rings. The van der Waals surface area contributed by atoms with Crippen LogP contribution in [0, 0.1) is 0 Å². The summed E-state index contributed by atoms with van der Waals surface area (Å²) in [5.74, 6) is -0.240. The zero-order valence-corrected chi connectivity index (χ0v) is 9.43. The molecule has 0 aromatic carbocycles. The van der Waals surface area contributed by atoms with Crippen LogP contribution in [-0.2, 0) is 11.3 Å². The number of hydrogen-bond donors (Lipinski definition) is 2. The van der Waals surface area contributed by atoms with Crippen LogP contribution in [-0.4, -0.2) is 29.2 Å². The van der Waals surface area contributed by atoms with Crippen LogP contribution >= 0.6 is 0 Å². The maximum Gasteiger partial charge on any atom is 0.304 e. The van der Waals surface area contributed by atoms with Crippen LogP contribution in [0.3, 0.4) is 0 Å². The molecule has 0 spiro atoms. The summed E-state index contributed by atoms with van der Waals surface area (Å²) in [5, 5.41) is 11.7. The fourth-order valence-corrected chi connectivity index (χ4v) is 1.36. The first-order valence-electron chi connectivity index (χ1n) is 5.06. The molecule has 0 aliphatic carbocycles. The molecule has 0 fully saturated rings. The fourth-order valence-electron chi connectivity index (χ4n) is 1.36. The summed E-state index contributed by atoms with van der Waals surface area (Å²) in [6.45, 7) is 2.38. The number of carboxylic acids is 1. The Balaban J connectivity index is 2.50. The molecule has 1 aromatic heterocycles. The number of carbonyl (C=O) groups is 1. The van der Waals surface area contributed by atoms with Crippen LogP contribution in [0.15, 0.2) is 18.3 Å². The zero-order valence-electron chi connectivity index (χ0n) is 9.43. The van der Waals surface area contributed by atoms with Gasteiger partial charge in [0.2, 0.25) is 5.88 Å². The number of aromatic nitrogens is 1. The standard InChI is InChI=1S/C11H16N2O3/c1-8(6-10(14)15)13-7-9-4-3-5-12-11(9)16-2/h3-5,8,13H,6-7H2,1-2H3,(H,14,15). The van der Waals surface area contributed by atoms with Crippen molar-refractivity contribution in [3.05, 3.63) is 23.9 Å². The first kappa shape index (κ1) is 12.4. The summed E-state index contributed by atoms with van der Waals surface area (Å²) in [7, 11) is 1.56. The second-order valence-corrected chi connectivity index (χ2v) is 3.55. The number of aliphatic carboxylic acids is 1. The van der Waals surface area contributed by atoms with Crippen LogP contribution in [0.25, 0.3) is 0 Å². The maximum atomic E-state index is 10.5. The van der Waals surface area contributed by atoms with Crippen LogP contribution in [0.5, 0.6) is 5.88 Å². The summed E-state index contributed by atoms with van der Waals surface area (Å²) in [6.07, 6.45) is 1.76. The minimum Gasteiger partial charge on any atom is -0.481 e. The predicted octanol–water partition coefficient (Wildman–Crippen LogP) is 1.04. The van der Waals surface area contributed by atoms with E-state index in [-0.39, 0.29) is 12.5 Å². The third kappa shape index (κ3) is 3.86. The highest BCUT2D eigenvalue weighted by Crippen LogP contribution is 2.13. The van der Waals surface area contributed by atoms with Gasteiger partial charge < -0.3 is 15.2 Å². The average molecular weight is 224 g/mol. The molecule has 88 valence electrons. The molecular formula is C11H16N2O3. The number of hydrogen-bond acceptors (Lipinski definition) is 4. The maximum absolute atomic E-state index is 10.5. The van der Waals surface area contributed by atoms with E-state index in [1.807, 2.05) is 19.1 Å². The summed E-state index contributed by atoms with van der Waals surface area (Å²) in [6, 6.07) is 3.63. The smallest absolute Gasteiger partial charge is 0.304 e. The highest BCUT2D eigenvalue weighted by atomic mass is 16.5. The average Bonchev–Trinajstić information content (AvgIpc) is 2.26. The number of pyridine rings is 1. The summed E-state index contributed by atoms with van der Waals surface area (Å²) >= 11 is 0. The van der Waals surface area contributed by atoms with Crippen LogP contribution in [0.2, 0.25) is 0 Å². The number of rotatable bonds is 6. The van der Waals surface area contributed by atoms with E-state index in [0.717, 1.165) is 5.56 Å². The number of nitrogens with zero attached hydrogens (tertiary/aromatic N) is 1. The van der Waals surface area contributed by atoms with Gasteiger partial charge in [-0.15, -0.1) is 0 Å². The minimum absolute atomic E-state index is 0.0811. The van der Waals surface area contributed by atoms with Gasteiger partial charge in [-0.05, 0) is 13.0 Å². The van der Waals surface area contributed by atoms with Crippen LogP contribution in [0.1, 0.15) is 18.9 Å². The van der Waals surface area contributed by atoms with Crippen molar-refractivity contribution >= 4 is 5.97 Å². The lowest BCUT2D eigenvalue weighted by Crippen LogP contribution is -2.28. The molecule has 0 aliphatic rings. The van der Waals surface area contributed by atoms with Crippen molar-refractivity contribution in [2.75, 3.05) is 7.11 Å². The van der Waals surface area contributed by atoms with E-state index in [1.165, 1.54) is 0 Å². The van der Waals surface area contributed by atoms with Gasteiger partial charge in [-0.1, -0.05) is 6.07 Å². The lowest BCUT2D eigenvalue weighted by atomic mass is 10.2. The van der Waals surface area contributed by atoms with Gasteiger partial charge in [0, 0.05) is 24.3 Å². The third-order valence-corrected chi connectivity index (χ3v) is 2.17. The van der Waals surface area contributed by atoms with Gasteiger partial charge in [0.05, 0.1) is 13.5 Å². The molecular weight excluding hydrogens is 208 g/mol. The van der Waals surface area contributed by atoms with Crippen LogP contribution < -0.4 is 10.1 Å². The summed E-state index contributed by atoms with van der Waals surface area (Å²) in [5.41, 5.74) is 0.919. The van der Waals surface area contributed by atoms with Crippen molar-refractivity contribution in [3.63, 3.8) is 0 Å². The second kappa shape index (κ2) is 6.07. The largest absolute Gasteiger partial charge is 0.481 e. The lowest BCUT2D eigenvalue weighted by Gasteiger charge is -2.12. The minimum atomic E-state index is -0.807. The summed E-state index contributed by atoms with van der Waals surface area (Å²) in [4.78, 5) is 14.5. The van der Waals surface area contributed by atoms with Crippen molar-refractivity contribution in [3.8, 4) is 5.88 Å². The predicted molar refractivity (Wildman–Crippen MR) is 59.3 cm³/mol. The Kier molecular flexibility index (Phi) is 4.72. The van der Waals surface area contributed by atoms with Crippen molar-refractivity contribution in [2.24, 2.45) is 0 Å². The molecule has 0 amide bonds. The van der Waals surface area contributed by atoms with Crippen molar-refractivity contribution in [2.45, 2.75) is 25.9 Å². The van der Waals surface area contributed by atoms with Gasteiger partial charge in [0.1, 0.15) is 0 Å². The molecule has 1 unspecified atom stereocenters. The quantitative estimate of drug-likeness (QED) is 0.755.